The molecule has 0 atom stereocenters. The second kappa shape index (κ2) is 5.05. The number of hydrogen-bond acceptors (Lipinski definition) is 5. The number of aromatic hydroxyl groups is 2. The van der Waals surface area contributed by atoms with Gasteiger partial charge in [0.05, 0.1) is 16.7 Å². The normalized spacial score (nSPS) is 11.1. The van der Waals surface area contributed by atoms with Crippen LogP contribution in [0, 0.1) is 6.92 Å². The molecule has 2 heterocycles. The number of imidazole rings is 1. The third-order valence-corrected chi connectivity index (χ3v) is 3.95. The standard InChI is InChI=1S/C14H13N3O2S/c1-8-12(15-5-4-13(8)19)7-20-14-16-10-3-2-9(18)6-11(10)17-14/h2-6,18H,7H2,1H3,(H,15,19)(H,16,17). The third kappa shape index (κ3) is 2.42. The Morgan fingerprint density at radius 1 is 1.25 bits per heavy atom. The number of nitrogens with one attached hydrogen (secondary N) is 1. The second-order valence-corrected chi connectivity index (χ2v) is 5.40. The third-order valence-electron chi connectivity index (χ3n) is 3.07. The number of rotatable bonds is 3. The van der Waals surface area contributed by atoms with Crippen molar-refractivity contribution in [1.29, 1.82) is 0 Å². The van der Waals surface area contributed by atoms with E-state index in [0.717, 1.165) is 27.4 Å². The van der Waals surface area contributed by atoms with Gasteiger partial charge < -0.3 is 15.2 Å². The first-order chi connectivity index (χ1) is 9.63. The van der Waals surface area contributed by atoms with Crippen molar-refractivity contribution in [2.24, 2.45) is 0 Å². The number of phenols is 1. The Hall–Kier alpha value is -2.21. The number of benzene rings is 1. The number of H-pyrrole nitrogens is 1. The van der Waals surface area contributed by atoms with E-state index in [9.17, 15) is 10.2 Å². The molecule has 0 saturated heterocycles. The van der Waals surface area contributed by atoms with E-state index < -0.39 is 0 Å². The van der Waals surface area contributed by atoms with E-state index in [1.54, 1.807) is 30.5 Å². The van der Waals surface area contributed by atoms with Gasteiger partial charge in [-0.2, -0.15) is 0 Å². The van der Waals surface area contributed by atoms with Gasteiger partial charge in [0.1, 0.15) is 11.5 Å². The summed E-state index contributed by atoms with van der Waals surface area (Å²) in [6.45, 7) is 1.84. The molecule has 3 N–H and O–H groups in total. The first kappa shape index (κ1) is 12.8. The first-order valence-corrected chi connectivity index (χ1v) is 7.07. The number of phenolic OH excluding ortho intramolecular Hbond substituents is 1. The van der Waals surface area contributed by atoms with Gasteiger partial charge in [-0.05, 0) is 25.1 Å². The number of fused-ring (bicyclic) bond motifs is 1. The summed E-state index contributed by atoms with van der Waals surface area (Å²) in [6.07, 6.45) is 1.59. The van der Waals surface area contributed by atoms with E-state index >= 15 is 0 Å². The zero-order chi connectivity index (χ0) is 14.1. The smallest absolute Gasteiger partial charge is 0.166 e. The van der Waals surface area contributed by atoms with Crippen molar-refractivity contribution in [3.8, 4) is 11.5 Å². The number of thioether (sulfide) groups is 1. The van der Waals surface area contributed by atoms with Gasteiger partial charge in [0, 0.05) is 23.6 Å². The molecule has 0 radical (unpaired) electrons. The van der Waals surface area contributed by atoms with Crippen molar-refractivity contribution in [2.45, 2.75) is 17.8 Å². The average molecular weight is 287 g/mol. The van der Waals surface area contributed by atoms with Gasteiger partial charge in [-0.15, -0.1) is 0 Å². The second-order valence-electron chi connectivity index (χ2n) is 4.43. The molecule has 0 bridgehead atoms. The summed E-state index contributed by atoms with van der Waals surface area (Å²) in [5.74, 6) is 1.07. The molecule has 0 aliphatic rings. The molecule has 0 fully saturated rings. The van der Waals surface area contributed by atoms with Crippen molar-refractivity contribution < 1.29 is 10.2 Å². The topological polar surface area (TPSA) is 82.0 Å². The van der Waals surface area contributed by atoms with E-state index in [2.05, 4.69) is 15.0 Å². The zero-order valence-corrected chi connectivity index (χ0v) is 11.6. The predicted octanol–water partition coefficient (Wildman–Crippen LogP) is 2.97. The summed E-state index contributed by atoms with van der Waals surface area (Å²) in [5.41, 5.74) is 3.23. The lowest BCUT2D eigenvalue weighted by molar-refractivity contribution is 0.469. The highest BCUT2D eigenvalue weighted by atomic mass is 32.2. The maximum atomic E-state index is 9.64. The Bertz CT molecular complexity index is 770. The molecule has 102 valence electrons. The van der Waals surface area contributed by atoms with Gasteiger partial charge >= 0.3 is 0 Å². The SMILES string of the molecule is Cc1c(O)ccnc1CSc1nc2cc(O)ccc2[nH]1. The Kier molecular flexibility index (Phi) is 3.23. The van der Waals surface area contributed by atoms with E-state index in [1.165, 1.54) is 11.8 Å². The highest BCUT2D eigenvalue weighted by Gasteiger charge is 2.08. The molecule has 0 spiro atoms. The van der Waals surface area contributed by atoms with Crippen LogP contribution in [0.25, 0.3) is 11.0 Å². The molecule has 0 amide bonds. The Labute approximate surface area is 119 Å². The van der Waals surface area contributed by atoms with Crippen molar-refractivity contribution in [3.63, 3.8) is 0 Å². The highest BCUT2D eigenvalue weighted by molar-refractivity contribution is 7.98. The van der Waals surface area contributed by atoms with Gasteiger partial charge in [0.25, 0.3) is 0 Å². The summed E-state index contributed by atoms with van der Waals surface area (Å²) in [4.78, 5) is 11.8. The monoisotopic (exact) mass is 287 g/mol. The summed E-state index contributed by atoms with van der Waals surface area (Å²) < 4.78 is 0. The molecule has 0 saturated carbocycles. The fraction of sp³-hybridized carbons (Fsp3) is 0.143. The summed E-state index contributed by atoms with van der Waals surface area (Å²) in [7, 11) is 0. The minimum atomic E-state index is 0.200. The van der Waals surface area contributed by atoms with Crippen LogP contribution in [0.4, 0.5) is 0 Å². The minimum Gasteiger partial charge on any atom is -0.508 e. The van der Waals surface area contributed by atoms with Gasteiger partial charge in [0.15, 0.2) is 5.16 Å². The molecule has 0 aliphatic carbocycles. The molecule has 6 heteroatoms. The quantitative estimate of drug-likeness (QED) is 0.645. The molecule has 20 heavy (non-hydrogen) atoms. The maximum Gasteiger partial charge on any atom is 0.166 e. The number of hydrogen-bond donors (Lipinski definition) is 3. The van der Waals surface area contributed by atoms with Gasteiger partial charge in [-0.1, -0.05) is 11.8 Å². The van der Waals surface area contributed by atoms with Crippen LogP contribution in [0.3, 0.4) is 0 Å². The summed E-state index contributed by atoms with van der Waals surface area (Å²) in [6, 6.07) is 6.61. The van der Waals surface area contributed by atoms with Crippen LogP contribution in [0.5, 0.6) is 11.5 Å². The van der Waals surface area contributed by atoms with Gasteiger partial charge in [-0.3, -0.25) is 4.98 Å². The van der Waals surface area contributed by atoms with Crippen molar-refractivity contribution in [2.75, 3.05) is 0 Å². The average Bonchev–Trinajstić information content (AvgIpc) is 2.82. The fourth-order valence-electron chi connectivity index (χ4n) is 1.89. The largest absolute Gasteiger partial charge is 0.508 e. The van der Waals surface area contributed by atoms with E-state index in [1.807, 2.05) is 6.92 Å². The lowest BCUT2D eigenvalue weighted by atomic mass is 10.2. The molecule has 0 aliphatic heterocycles. The summed E-state index contributed by atoms with van der Waals surface area (Å²) >= 11 is 1.51. The zero-order valence-electron chi connectivity index (χ0n) is 10.8. The minimum absolute atomic E-state index is 0.200. The van der Waals surface area contributed by atoms with Crippen LogP contribution in [0.1, 0.15) is 11.3 Å². The molecule has 3 rings (SSSR count). The van der Waals surface area contributed by atoms with Crippen molar-refractivity contribution >= 4 is 22.8 Å². The molecule has 1 aromatic carbocycles. The highest BCUT2D eigenvalue weighted by Crippen LogP contribution is 2.27. The van der Waals surface area contributed by atoms with Crippen molar-refractivity contribution in [1.82, 2.24) is 15.0 Å². The molecular formula is C14H13N3O2S. The van der Waals surface area contributed by atoms with Crippen LogP contribution in [0.15, 0.2) is 35.6 Å². The van der Waals surface area contributed by atoms with Crippen LogP contribution >= 0.6 is 11.8 Å². The Morgan fingerprint density at radius 3 is 2.95 bits per heavy atom. The van der Waals surface area contributed by atoms with Gasteiger partial charge in [0.2, 0.25) is 0 Å². The van der Waals surface area contributed by atoms with Crippen LogP contribution in [-0.4, -0.2) is 25.2 Å². The molecule has 5 nitrogen and oxygen atoms in total. The lowest BCUT2D eigenvalue weighted by Gasteiger charge is -2.04. The van der Waals surface area contributed by atoms with Gasteiger partial charge in [-0.25, -0.2) is 4.98 Å². The summed E-state index contributed by atoms with van der Waals surface area (Å²) in [5, 5.41) is 19.8. The van der Waals surface area contributed by atoms with Crippen LogP contribution < -0.4 is 0 Å². The van der Waals surface area contributed by atoms with Crippen LogP contribution in [-0.2, 0) is 5.75 Å². The number of aromatic amines is 1. The predicted molar refractivity (Wildman–Crippen MR) is 78.0 cm³/mol. The maximum absolute atomic E-state index is 9.64. The molecule has 2 aromatic heterocycles. The fourth-order valence-corrected chi connectivity index (χ4v) is 2.80. The first-order valence-electron chi connectivity index (χ1n) is 6.08. The van der Waals surface area contributed by atoms with Crippen molar-refractivity contribution in [3.05, 3.63) is 41.7 Å². The Balaban J connectivity index is 1.81. The molecular weight excluding hydrogens is 274 g/mol. The number of nitrogens with zero attached hydrogens (tertiary/aromatic N) is 2. The van der Waals surface area contributed by atoms with E-state index in [-0.39, 0.29) is 11.5 Å². The van der Waals surface area contributed by atoms with Crippen LogP contribution in [0.2, 0.25) is 0 Å². The van der Waals surface area contributed by atoms with E-state index in [4.69, 9.17) is 0 Å². The van der Waals surface area contributed by atoms with E-state index in [0.29, 0.717) is 5.75 Å². The molecule has 3 aromatic rings. The number of aromatic nitrogens is 3. The lowest BCUT2D eigenvalue weighted by Crippen LogP contribution is -1.91. The number of pyridine rings is 1. The Morgan fingerprint density at radius 2 is 2.10 bits per heavy atom. The molecule has 0 unspecified atom stereocenters.